The van der Waals surface area contributed by atoms with Gasteiger partial charge in [-0.1, -0.05) is 46.8 Å². The van der Waals surface area contributed by atoms with Gasteiger partial charge in [0.25, 0.3) is 5.91 Å². The van der Waals surface area contributed by atoms with Crippen LogP contribution in [0.2, 0.25) is 5.02 Å². The van der Waals surface area contributed by atoms with Crippen LogP contribution in [-0.4, -0.2) is 21.9 Å². The Morgan fingerprint density at radius 1 is 1.14 bits per heavy atom. The molecule has 2 aromatic carbocycles. The van der Waals surface area contributed by atoms with E-state index in [1.807, 2.05) is 43.3 Å². The van der Waals surface area contributed by atoms with Gasteiger partial charge in [0.05, 0.1) is 10.6 Å². The van der Waals surface area contributed by atoms with Crippen molar-refractivity contribution in [3.63, 3.8) is 0 Å². The summed E-state index contributed by atoms with van der Waals surface area (Å²) >= 11 is 6.13. The Hall–Kier alpha value is -3.82. The summed E-state index contributed by atoms with van der Waals surface area (Å²) < 4.78 is 0. The number of aryl methyl sites for hydroxylation is 1. The lowest BCUT2D eigenvalue weighted by molar-refractivity contribution is 0.102. The summed E-state index contributed by atoms with van der Waals surface area (Å²) in [6.07, 6.45) is 1.59. The Bertz CT molecular complexity index is 1150. The molecule has 4 N–H and O–H groups in total. The Balaban J connectivity index is 1.81. The highest BCUT2D eigenvalue weighted by Crippen LogP contribution is 2.20. The number of anilines is 1. The third-order valence-electron chi connectivity index (χ3n) is 4.05. The first-order valence-corrected chi connectivity index (χ1v) is 8.98. The molecule has 3 aromatic rings. The number of carbonyl (C=O) groups is 1. The lowest BCUT2D eigenvalue weighted by Crippen LogP contribution is -2.17. The van der Waals surface area contributed by atoms with Crippen molar-refractivity contribution in [2.75, 3.05) is 5.32 Å². The van der Waals surface area contributed by atoms with Crippen LogP contribution in [0.1, 0.15) is 32.6 Å². The number of benzene rings is 2. The van der Waals surface area contributed by atoms with Gasteiger partial charge in [0, 0.05) is 22.9 Å². The van der Waals surface area contributed by atoms with Crippen LogP contribution in [0.3, 0.4) is 0 Å². The van der Waals surface area contributed by atoms with E-state index < -0.39 is 5.91 Å². The second-order valence-corrected chi connectivity index (χ2v) is 6.55. The molecule has 0 aliphatic heterocycles. The Morgan fingerprint density at radius 3 is 2.55 bits per heavy atom. The molecular weight excluding hydrogens is 388 g/mol. The zero-order chi connectivity index (χ0) is 20.8. The number of hydrogen-bond donors (Lipinski definition) is 3. The average molecular weight is 405 g/mol. The highest BCUT2D eigenvalue weighted by Gasteiger charge is 2.14. The fourth-order valence-corrected chi connectivity index (χ4v) is 2.73. The van der Waals surface area contributed by atoms with Gasteiger partial charge in [-0.15, -0.1) is 0 Å². The quantitative estimate of drug-likeness (QED) is 0.203. The molecule has 0 aliphatic carbocycles. The number of halogens is 1. The highest BCUT2D eigenvalue weighted by atomic mass is 35.5. The van der Waals surface area contributed by atoms with Crippen molar-refractivity contribution in [3.05, 3.63) is 93.6 Å². The minimum atomic E-state index is -0.457. The van der Waals surface area contributed by atoms with E-state index >= 15 is 0 Å². The van der Waals surface area contributed by atoms with E-state index in [-0.39, 0.29) is 16.4 Å². The zero-order valence-corrected chi connectivity index (χ0v) is 16.2. The number of pyridine rings is 1. The maximum Gasteiger partial charge on any atom is 0.258 e. The Morgan fingerprint density at radius 2 is 1.86 bits per heavy atom. The number of rotatable bonds is 3. The van der Waals surface area contributed by atoms with Crippen molar-refractivity contribution in [3.8, 4) is 11.8 Å². The first-order valence-electron chi connectivity index (χ1n) is 8.60. The van der Waals surface area contributed by atoms with Crippen LogP contribution in [0.15, 0.2) is 65.9 Å². The van der Waals surface area contributed by atoms with Crippen LogP contribution in [-0.2, 0) is 0 Å². The van der Waals surface area contributed by atoms with Crippen LogP contribution in [0.4, 0.5) is 5.82 Å². The minimum absolute atomic E-state index is 0.119. The van der Waals surface area contributed by atoms with E-state index in [1.54, 1.807) is 12.3 Å². The van der Waals surface area contributed by atoms with Crippen molar-refractivity contribution in [2.45, 2.75) is 6.92 Å². The maximum atomic E-state index is 12.6. The summed E-state index contributed by atoms with van der Waals surface area (Å²) in [5.74, 6) is 5.94. The Kier molecular flexibility index (Phi) is 6.12. The van der Waals surface area contributed by atoms with E-state index in [1.165, 1.54) is 12.1 Å². The van der Waals surface area contributed by atoms with Crippen LogP contribution in [0.5, 0.6) is 0 Å². The Labute approximate surface area is 173 Å². The number of carbonyl (C=O) groups excluding carboxylic acids is 1. The van der Waals surface area contributed by atoms with Gasteiger partial charge in [-0.25, -0.2) is 4.98 Å². The molecule has 6 nitrogen and oxygen atoms in total. The number of amides is 1. The predicted molar refractivity (Wildman–Crippen MR) is 113 cm³/mol. The first-order chi connectivity index (χ1) is 14.0. The highest BCUT2D eigenvalue weighted by molar-refractivity contribution is 6.34. The van der Waals surface area contributed by atoms with Crippen LogP contribution < -0.4 is 11.1 Å². The molecule has 7 heteroatoms. The van der Waals surface area contributed by atoms with Gasteiger partial charge >= 0.3 is 0 Å². The van der Waals surface area contributed by atoms with Crippen molar-refractivity contribution >= 4 is 29.2 Å². The monoisotopic (exact) mass is 404 g/mol. The van der Waals surface area contributed by atoms with E-state index in [2.05, 4.69) is 27.3 Å². The molecule has 0 spiro atoms. The van der Waals surface area contributed by atoms with Crippen molar-refractivity contribution in [1.82, 2.24) is 4.98 Å². The smallest absolute Gasteiger partial charge is 0.258 e. The molecule has 0 aliphatic rings. The summed E-state index contributed by atoms with van der Waals surface area (Å²) in [7, 11) is 0. The molecule has 0 saturated carbocycles. The number of nitrogens with one attached hydrogen (secondary N) is 1. The standard InChI is InChI=1S/C22H17ClN4O2/c1-14-11-16(8-7-15-5-3-2-4-6-15)13-25-21(14)26-22(28)18-12-17(20(24)27-29)9-10-19(18)23/h2-6,9-13,29H,1H3,(H2,24,27)(H,25,26,28). The predicted octanol–water partition coefficient (Wildman–Crippen LogP) is 3.79. The van der Waals surface area contributed by atoms with Gasteiger partial charge in [0.15, 0.2) is 5.84 Å². The molecule has 29 heavy (non-hydrogen) atoms. The van der Waals surface area contributed by atoms with Crippen LogP contribution in [0, 0.1) is 18.8 Å². The minimum Gasteiger partial charge on any atom is -0.409 e. The van der Waals surface area contributed by atoms with E-state index in [9.17, 15) is 4.79 Å². The van der Waals surface area contributed by atoms with Gasteiger partial charge < -0.3 is 16.3 Å². The number of hydrogen-bond acceptors (Lipinski definition) is 4. The molecule has 0 bridgehead atoms. The molecule has 0 fully saturated rings. The number of aromatic nitrogens is 1. The molecular formula is C22H17ClN4O2. The lowest BCUT2D eigenvalue weighted by atomic mass is 10.1. The van der Waals surface area contributed by atoms with Gasteiger partial charge in [0.2, 0.25) is 0 Å². The fraction of sp³-hybridized carbons (Fsp3) is 0.0455. The third kappa shape index (κ3) is 4.92. The molecule has 0 saturated heterocycles. The summed E-state index contributed by atoms with van der Waals surface area (Å²) in [5.41, 5.74) is 8.53. The largest absolute Gasteiger partial charge is 0.409 e. The van der Waals surface area contributed by atoms with Gasteiger partial charge in [-0.05, 0) is 48.9 Å². The second-order valence-electron chi connectivity index (χ2n) is 6.14. The number of nitrogens with zero attached hydrogens (tertiary/aromatic N) is 2. The second kappa shape index (κ2) is 8.91. The van der Waals surface area contributed by atoms with E-state index in [0.717, 1.165) is 16.7 Å². The van der Waals surface area contributed by atoms with Gasteiger partial charge in [-0.2, -0.15) is 0 Å². The number of amidine groups is 1. The number of oxime groups is 1. The molecule has 0 atom stereocenters. The normalized spacial score (nSPS) is 10.8. The van der Waals surface area contributed by atoms with E-state index in [4.69, 9.17) is 22.5 Å². The summed E-state index contributed by atoms with van der Waals surface area (Å²) in [4.78, 5) is 16.9. The van der Waals surface area contributed by atoms with Crippen LogP contribution in [0.25, 0.3) is 0 Å². The molecule has 3 rings (SSSR count). The molecule has 1 heterocycles. The molecule has 1 aromatic heterocycles. The average Bonchev–Trinajstić information content (AvgIpc) is 2.74. The number of nitrogens with two attached hydrogens (primary N) is 1. The first kappa shape index (κ1) is 19.9. The van der Waals surface area contributed by atoms with Gasteiger partial charge in [-0.3, -0.25) is 4.79 Å². The summed E-state index contributed by atoms with van der Waals surface area (Å²) in [6.45, 7) is 1.82. The maximum absolute atomic E-state index is 12.6. The summed E-state index contributed by atoms with van der Waals surface area (Å²) in [6, 6.07) is 16.0. The molecule has 144 valence electrons. The van der Waals surface area contributed by atoms with Crippen molar-refractivity contribution in [2.24, 2.45) is 10.9 Å². The molecule has 0 unspecified atom stereocenters. The van der Waals surface area contributed by atoms with Crippen molar-refractivity contribution in [1.29, 1.82) is 0 Å². The fourth-order valence-electron chi connectivity index (χ4n) is 2.53. The topological polar surface area (TPSA) is 101 Å². The van der Waals surface area contributed by atoms with E-state index in [0.29, 0.717) is 11.4 Å². The lowest BCUT2D eigenvalue weighted by Gasteiger charge is -2.10. The molecule has 0 radical (unpaired) electrons. The zero-order valence-electron chi connectivity index (χ0n) is 15.5. The third-order valence-corrected chi connectivity index (χ3v) is 4.38. The summed E-state index contributed by atoms with van der Waals surface area (Å²) in [5, 5.41) is 14.7. The van der Waals surface area contributed by atoms with Crippen LogP contribution >= 0.6 is 11.6 Å². The molecule has 1 amide bonds. The van der Waals surface area contributed by atoms with Crippen molar-refractivity contribution < 1.29 is 10.0 Å². The van der Waals surface area contributed by atoms with Gasteiger partial charge in [0.1, 0.15) is 5.82 Å². The SMILES string of the molecule is Cc1cc(C#Cc2ccccc2)cnc1NC(=O)c1cc(/C(N)=N/O)ccc1Cl.